The van der Waals surface area contributed by atoms with Gasteiger partial charge in [0.15, 0.2) is 0 Å². The SMILES string of the molecule is COc1cc(C)c(-c2ccncc2CN)c(C)c1C. The Balaban J connectivity index is 2.73. The molecule has 0 spiro atoms. The maximum absolute atomic E-state index is 5.82. The van der Waals surface area contributed by atoms with Crippen LogP contribution in [0.3, 0.4) is 0 Å². The van der Waals surface area contributed by atoms with Gasteiger partial charge in [-0.05, 0) is 66.3 Å². The van der Waals surface area contributed by atoms with E-state index in [2.05, 4.69) is 31.8 Å². The Kier molecular flexibility index (Phi) is 3.86. The van der Waals surface area contributed by atoms with Crippen molar-refractivity contribution in [2.24, 2.45) is 5.73 Å². The number of aromatic nitrogens is 1. The Morgan fingerprint density at radius 1 is 1.21 bits per heavy atom. The first kappa shape index (κ1) is 13.6. The first-order valence-electron chi connectivity index (χ1n) is 6.38. The predicted molar refractivity (Wildman–Crippen MR) is 78.3 cm³/mol. The van der Waals surface area contributed by atoms with E-state index < -0.39 is 0 Å². The van der Waals surface area contributed by atoms with Gasteiger partial charge in [0.1, 0.15) is 5.75 Å². The van der Waals surface area contributed by atoms with Crippen molar-refractivity contribution in [3.8, 4) is 16.9 Å². The van der Waals surface area contributed by atoms with E-state index in [0.717, 1.165) is 11.3 Å². The number of ether oxygens (including phenoxy) is 1. The third kappa shape index (κ3) is 2.34. The Morgan fingerprint density at radius 2 is 1.95 bits per heavy atom. The molecule has 100 valence electrons. The topological polar surface area (TPSA) is 48.1 Å². The molecule has 2 rings (SSSR count). The zero-order chi connectivity index (χ0) is 14.0. The number of methoxy groups -OCH3 is 1. The van der Waals surface area contributed by atoms with Crippen molar-refractivity contribution >= 4 is 0 Å². The molecule has 0 atom stereocenters. The number of rotatable bonds is 3. The highest BCUT2D eigenvalue weighted by Crippen LogP contribution is 2.35. The summed E-state index contributed by atoms with van der Waals surface area (Å²) >= 11 is 0. The van der Waals surface area contributed by atoms with Gasteiger partial charge in [0.25, 0.3) is 0 Å². The lowest BCUT2D eigenvalue weighted by Gasteiger charge is -2.18. The van der Waals surface area contributed by atoms with Crippen LogP contribution in [0.4, 0.5) is 0 Å². The molecule has 0 aliphatic carbocycles. The number of aryl methyl sites for hydroxylation is 1. The van der Waals surface area contributed by atoms with Crippen LogP contribution in [0.5, 0.6) is 5.75 Å². The zero-order valence-electron chi connectivity index (χ0n) is 11.9. The van der Waals surface area contributed by atoms with Gasteiger partial charge in [0.2, 0.25) is 0 Å². The summed E-state index contributed by atoms with van der Waals surface area (Å²) in [5, 5.41) is 0. The number of hydrogen-bond acceptors (Lipinski definition) is 3. The first-order valence-corrected chi connectivity index (χ1v) is 6.38. The third-order valence-corrected chi connectivity index (χ3v) is 3.66. The van der Waals surface area contributed by atoms with Gasteiger partial charge >= 0.3 is 0 Å². The molecule has 1 aromatic heterocycles. The standard InChI is InChI=1S/C16H20N2O/c1-10-7-15(19-4)11(2)12(3)16(10)14-5-6-18-9-13(14)8-17/h5-7,9H,8,17H2,1-4H3. The fourth-order valence-corrected chi connectivity index (χ4v) is 2.51. The van der Waals surface area contributed by atoms with Crippen molar-refractivity contribution in [1.82, 2.24) is 4.98 Å². The highest BCUT2D eigenvalue weighted by molar-refractivity contribution is 5.75. The molecular formula is C16H20N2O. The number of hydrogen-bond donors (Lipinski definition) is 1. The van der Waals surface area contributed by atoms with Gasteiger partial charge in [-0.2, -0.15) is 0 Å². The highest BCUT2D eigenvalue weighted by atomic mass is 16.5. The van der Waals surface area contributed by atoms with Crippen molar-refractivity contribution < 1.29 is 4.74 Å². The maximum Gasteiger partial charge on any atom is 0.122 e. The number of benzene rings is 1. The van der Waals surface area contributed by atoms with Crippen molar-refractivity contribution in [3.63, 3.8) is 0 Å². The number of nitrogens with two attached hydrogens (primary N) is 1. The summed E-state index contributed by atoms with van der Waals surface area (Å²) in [6.45, 7) is 6.81. The van der Waals surface area contributed by atoms with Crippen molar-refractivity contribution in [2.45, 2.75) is 27.3 Å². The van der Waals surface area contributed by atoms with Crippen molar-refractivity contribution in [3.05, 3.63) is 46.8 Å². The molecule has 0 amide bonds. The van der Waals surface area contributed by atoms with Crippen molar-refractivity contribution in [1.29, 1.82) is 0 Å². The molecule has 0 saturated heterocycles. The molecule has 0 radical (unpaired) electrons. The molecule has 0 unspecified atom stereocenters. The average molecular weight is 256 g/mol. The monoisotopic (exact) mass is 256 g/mol. The lowest BCUT2D eigenvalue weighted by molar-refractivity contribution is 0.411. The van der Waals surface area contributed by atoms with E-state index >= 15 is 0 Å². The van der Waals surface area contributed by atoms with Gasteiger partial charge in [-0.15, -0.1) is 0 Å². The minimum Gasteiger partial charge on any atom is -0.496 e. The molecule has 0 aliphatic rings. The van der Waals surface area contributed by atoms with E-state index in [-0.39, 0.29) is 0 Å². The summed E-state index contributed by atoms with van der Waals surface area (Å²) in [6, 6.07) is 4.11. The molecule has 3 nitrogen and oxygen atoms in total. The van der Waals surface area contributed by atoms with Gasteiger partial charge in [0, 0.05) is 18.9 Å². The van der Waals surface area contributed by atoms with Crippen LogP contribution in [0.1, 0.15) is 22.3 Å². The first-order chi connectivity index (χ1) is 9.10. The summed E-state index contributed by atoms with van der Waals surface area (Å²) in [7, 11) is 1.71. The van der Waals surface area contributed by atoms with E-state index in [0.29, 0.717) is 6.54 Å². The van der Waals surface area contributed by atoms with Crippen LogP contribution in [0.15, 0.2) is 24.5 Å². The largest absolute Gasteiger partial charge is 0.496 e. The molecular weight excluding hydrogens is 236 g/mol. The lowest BCUT2D eigenvalue weighted by atomic mass is 9.90. The second kappa shape index (κ2) is 5.41. The molecule has 0 saturated carbocycles. The van der Waals surface area contributed by atoms with Gasteiger partial charge in [-0.3, -0.25) is 4.98 Å². The van der Waals surface area contributed by atoms with Crippen LogP contribution >= 0.6 is 0 Å². The van der Waals surface area contributed by atoms with Crippen LogP contribution in [0.2, 0.25) is 0 Å². The molecule has 0 bridgehead atoms. The fourth-order valence-electron chi connectivity index (χ4n) is 2.51. The summed E-state index contributed by atoms with van der Waals surface area (Å²) < 4.78 is 5.42. The zero-order valence-corrected chi connectivity index (χ0v) is 11.9. The van der Waals surface area contributed by atoms with Crippen LogP contribution in [0, 0.1) is 20.8 Å². The minimum absolute atomic E-state index is 0.493. The van der Waals surface area contributed by atoms with Gasteiger partial charge in [-0.1, -0.05) is 0 Å². The average Bonchev–Trinajstić information content (AvgIpc) is 2.43. The van der Waals surface area contributed by atoms with Gasteiger partial charge in [-0.25, -0.2) is 0 Å². The van der Waals surface area contributed by atoms with Crippen LogP contribution < -0.4 is 10.5 Å². The highest BCUT2D eigenvalue weighted by Gasteiger charge is 2.14. The Hall–Kier alpha value is -1.87. The Labute approximate surface area is 114 Å². The molecule has 2 N–H and O–H groups in total. The Morgan fingerprint density at radius 3 is 2.58 bits per heavy atom. The molecule has 2 aromatic rings. The van der Waals surface area contributed by atoms with Crippen LogP contribution in [0.25, 0.3) is 11.1 Å². The second-order valence-corrected chi connectivity index (χ2v) is 4.76. The molecule has 3 heteroatoms. The van der Waals surface area contributed by atoms with E-state index in [1.54, 1.807) is 7.11 Å². The quantitative estimate of drug-likeness (QED) is 0.917. The van der Waals surface area contributed by atoms with Gasteiger partial charge < -0.3 is 10.5 Å². The van der Waals surface area contributed by atoms with Crippen molar-refractivity contribution in [2.75, 3.05) is 7.11 Å². The summed E-state index contributed by atoms with van der Waals surface area (Å²) in [4.78, 5) is 4.15. The molecule has 0 fully saturated rings. The Bertz CT molecular complexity index is 606. The molecule has 1 heterocycles. The summed E-state index contributed by atoms with van der Waals surface area (Å²) in [6.07, 6.45) is 3.65. The predicted octanol–water partition coefficient (Wildman–Crippen LogP) is 3.14. The maximum atomic E-state index is 5.82. The molecule has 0 aliphatic heterocycles. The van der Waals surface area contributed by atoms with E-state index in [1.165, 1.54) is 27.8 Å². The summed E-state index contributed by atoms with van der Waals surface area (Å²) in [5.41, 5.74) is 12.9. The third-order valence-electron chi connectivity index (χ3n) is 3.66. The smallest absolute Gasteiger partial charge is 0.122 e. The van der Waals surface area contributed by atoms with Crippen LogP contribution in [-0.2, 0) is 6.54 Å². The van der Waals surface area contributed by atoms with E-state index in [1.807, 2.05) is 18.5 Å². The number of nitrogens with zero attached hydrogens (tertiary/aromatic N) is 1. The van der Waals surface area contributed by atoms with E-state index in [4.69, 9.17) is 10.5 Å². The normalized spacial score (nSPS) is 10.6. The lowest BCUT2D eigenvalue weighted by Crippen LogP contribution is -2.03. The number of pyridine rings is 1. The summed E-state index contributed by atoms with van der Waals surface area (Å²) in [5.74, 6) is 0.933. The van der Waals surface area contributed by atoms with E-state index in [9.17, 15) is 0 Å². The molecule has 1 aromatic carbocycles. The van der Waals surface area contributed by atoms with Crippen LogP contribution in [-0.4, -0.2) is 12.1 Å². The minimum atomic E-state index is 0.493. The fraction of sp³-hybridized carbons (Fsp3) is 0.312. The van der Waals surface area contributed by atoms with Gasteiger partial charge in [0.05, 0.1) is 7.11 Å². The second-order valence-electron chi connectivity index (χ2n) is 4.76. The molecule has 19 heavy (non-hydrogen) atoms.